The SMILES string of the molecule is O=C1OCc2c1ccc(Br)c2C(F)(F)F. The van der Waals surface area contributed by atoms with E-state index in [1.807, 2.05) is 0 Å². The van der Waals surface area contributed by atoms with E-state index in [9.17, 15) is 18.0 Å². The Morgan fingerprint density at radius 1 is 1.33 bits per heavy atom. The Kier molecular flexibility index (Phi) is 2.26. The summed E-state index contributed by atoms with van der Waals surface area (Å²) >= 11 is 2.82. The normalized spacial score (nSPS) is 15.1. The van der Waals surface area contributed by atoms with Crippen molar-refractivity contribution in [2.24, 2.45) is 0 Å². The topological polar surface area (TPSA) is 26.3 Å². The van der Waals surface area contributed by atoms with Gasteiger partial charge in [0.05, 0.1) is 11.1 Å². The fraction of sp³-hybridized carbons (Fsp3) is 0.222. The van der Waals surface area contributed by atoms with Gasteiger partial charge in [-0.3, -0.25) is 0 Å². The standard InChI is InChI=1S/C9H4BrF3O2/c10-6-2-1-4-5(3-15-8(4)14)7(6)9(11,12)13/h1-2H,3H2. The molecule has 1 aromatic rings. The molecule has 0 atom stereocenters. The molecule has 0 saturated carbocycles. The first-order chi connectivity index (χ1) is 6.91. The average Bonchev–Trinajstić information content (AvgIpc) is 2.45. The zero-order valence-corrected chi connectivity index (χ0v) is 8.78. The summed E-state index contributed by atoms with van der Waals surface area (Å²) in [6.45, 7) is -0.317. The lowest BCUT2D eigenvalue weighted by Crippen LogP contribution is -2.10. The van der Waals surface area contributed by atoms with Gasteiger partial charge in [0.15, 0.2) is 0 Å². The number of carbonyl (C=O) groups is 1. The summed E-state index contributed by atoms with van der Waals surface area (Å²) in [6.07, 6.45) is -4.49. The van der Waals surface area contributed by atoms with Crippen molar-refractivity contribution in [3.63, 3.8) is 0 Å². The Labute approximate surface area is 91.2 Å². The van der Waals surface area contributed by atoms with Crippen molar-refractivity contribution in [2.75, 3.05) is 0 Å². The lowest BCUT2D eigenvalue weighted by atomic mass is 10.0. The number of carbonyl (C=O) groups excluding carboxylic acids is 1. The van der Waals surface area contributed by atoms with Gasteiger partial charge in [-0.2, -0.15) is 13.2 Å². The molecular formula is C9H4BrF3O2. The van der Waals surface area contributed by atoms with E-state index >= 15 is 0 Å². The lowest BCUT2D eigenvalue weighted by Gasteiger charge is -2.11. The first-order valence-electron chi connectivity index (χ1n) is 3.97. The highest BCUT2D eigenvalue weighted by Gasteiger charge is 2.39. The van der Waals surface area contributed by atoms with Crippen molar-refractivity contribution in [1.82, 2.24) is 0 Å². The average molecular weight is 281 g/mol. The van der Waals surface area contributed by atoms with Gasteiger partial charge in [-0.1, -0.05) is 15.9 Å². The minimum absolute atomic E-state index is 0.00877. The van der Waals surface area contributed by atoms with Crippen LogP contribution in [0.15, 0.2) is 16.6 Å². The molecule has 2 rings (SSSR count). The van der Waals surface area contributed by atoms with Crippen LogP contribution in [0.3, 0.4) is 0 Å². The van der Waals surface area contributed by atoms with Gasteiger partial charge in [-0.15, -0.1) is 0 Å². The maximum Gasteiger partial charge on any atom is 0.417 e. The lowest BCUT2D eigenvalue weighted by molar-refractivity contribution is -0.139. The van der Waals surface area contributed by atoms with Gasteiger partial charge < -0.3 is 4.74 Å². The van der Waals surface area contributed by atoms with Crippen molar-refractivity contribution in [3.05, 3.63) is 33.3 Å². The summed E-state index contributed by atoms with van der Waals surface area (Å²) in [7, 11) is 0. The fourth-order valence-corrected chi connectivity index (χ4v) is 2.08. The number of esters is 1. The van der Waals surface area contributed by atoms with Gasteiger partial charge >= 0.3 is 12.1 Å². The molecular weight excluding hydrogens is 277 g/mol. The number of ether oxygens (including phenoxy) is 1. The smallest absolute Gasteiger partial charge is 0.417 e. The first kappa shape index (κ1) is 10.5. The number of rotatable bonds is 0. The molecule has 0 aromatic heterocycles. The van der Waals surface area contributed by atoms with Crippen LogP contribution in [0, 0.1) is 0 Å². The molecule has 0 bridgehead atoms. The van der Waals surface area contributed by atoms with E-state index in [2.05, 4.69) is 20.7 Å². The number of hydrogen-bond acceptors (Lipinski definition) is 2. The summed E-state index contributed by atoms with van der Waals surface area (Å²) in [5.41, 5.74) is -0.932. The molecule has 15 heavy (non-hydrogen) atoms. The Balaban J connectivity index is 2.70. The number of cyclic esters (lactones) is 1. The van der Waals surface area contributed by atoms with Crippen LogP contribution in [0.5, 0.6) is 0 Å². The maximum atomic E-state index is 12.6. The summed E-state index contributed by atoms with van der Waals surface area (Å²) < 4.78 is 42.4. The molecule has 80 valence electrons. The summed E-state index contributed by atoms with van der Waals surface area (Å²) in [5.74, 6) is -0.706. The molecule has 0 fully saturated rings. The van der Waals surface area contributed by atoms with Crippen LogP contribution in [0.4, 0.5) is 13.2 Å². The van der Waals surface area contributed by atoms with Crippen LogP contribution in [0.1, 0.15) is 21.5 Å². The third-order valence-corrected chi connectivity index (χ3v) is 2.77. The highest BCUT2D eigenvalue weighted by Crippen LogP contribution is 2.40. The molecule has 0 N–H and O–H groups in total. The van der Waals surface area contributed by atoms with Gasteiger partial charge in [0.2, 0.25) is 0 Å². The molecule has 2 nitrogen and oxygen atoms in total. The number of alkyl halides is 3. The number of fused-ring (bicyclic) bond motifs is 1. The third-order valence-electron chi connectivity index (χ3n) is 2.11. The van der Waals surface area contributed by atoms with Crippen molar-refractivity contribution >= 4 is 21.9 Å². The highest BCUT2D eigenvalue weighted by atomic mass is 79.9. The first-order valence-corrected chi connectivity index (χ1v) is 4.76. The third kappa shape index (κ3) is 1.62. The van der Waals surface area contributed by atoms with Crippen LogP contribution in [-0.4, -0.2) is 5.97 Å². The van der Waals surface area contributed by atoms with Crippen molar-refractivity contribution < 1.29 is 22.7 Å². The van der Waals surface area contributed by atoms with Crippen LogP contribution in [-0.2, 0) is 17.5 Å². The predicted octanol–water partition coefficient (Wildman–Crippen LogP) is 3.14. The van der Waals surface area contributed by atoms with Crippen LogP contribution in [0.25, 0.3) is 0 Å². The molecule has 0 saturated heterocycles. The quantitative estimate of drug-likeness (QED) is 0.683. The predicted molar refractivity (Wildman–Crippen MR) is 48.3 cm³/mol. The van der Waals surface area contributed by atoms with Gasteiger partial charge in [0.1, 0.15) is 6.61 Å². The van der Waals surface area contributed by atoms with Gasteiger partial charge in [0.25, 0.3) is 0 Å². The molecule has 1 aromatic carbocycles. The summed E-state index contributed by atoms with van der Waals surface area (Å²) in [4.78, 5) is 11.1. The molecule has 0 radical (unpaired) electrons. The largest absolute Gasteiger partial charge is 0.457 e. The van der Waals surface area contributed by atoms with E-state index < -0.39 is 17.7 Å². The second-order valence-corrected chi connectivity index (χ2v) is 3.88. The van der Waals surface area contributed by atoms with Gasteiger partial charge in [0, 0.05) is 10.0 Å². The van der Waals surface area contributed by atoms with Gasteiger partial charge in [-0.25, -0.2) is 4.79 Å². The highest BCUT2D eigenvalue weighted by molar-refractivity contribution is 9.10. The molecule has 1 aliphatic heterocycles. The van der Waals surface area contributed by atoms with Gasteiger partial charge in [-0.05, 0) is 12.1 Å². The summed E-state index contributed by atoms with van der Waals surface area (Å²) in [5, 5.41) is 0. The van der Waals surface area contributed by atoms with Crippen LogP contribution >= 0.6 is 15.9 Å². The molecule has 0 amide bonds. The van der Waals surface area contributed by atoms with Crippen molar-refractivity contribution in [3.8, 4) is 0 Å². The van der Waals surface area contributed by atoms with E-state index in [-0.39, 0.29) is 22.2 Å². The Bertz CT molecular complexity index is 440. The van der Waals surface area contributed by atoms with E-state index in [0.29, 0.717) is 0 Å². The molecule has 1 heterocycles. The number of benzene rings is 1. The minimum atomic E-state index is -4.49. The zero-order valence-electron chi connectivity index (χ0n) is 7.19. The van der Waals surface area contributed by atoms with E-state index in [4.69, 9.17) is 0 Å². The van der Waals surface area contributed by atoms with E-state index in [1.165, 1.54) is 12.1 Å². The number of halogens is 4. The second kappa shape index (κ2) is 3.23. The fourth-order valence-electron chi connectivity index (χ4n) is 1.48. The van der Waals surface area contributed by atoms with E-state index in [1.54, 1.807) is 0 Å². The molecule has 0 unspecified atom stereocenters. The monoisotopic (exact) mass is 280 g/mol. The minimum Gasteiger partial charge on any atom is -0.457 e. The van der Waals surface area contributed by atoms with Crippen molar-refractivity contribution in [2.45, 2.75) is 12.8 Å². The Morgan fingerprint density at radius 3 is 2.60 bits per heavy atom. The maximum absolute atomic E-state index is 12.6. The molecule has 0 spiro atoms. The van der Waals surface area contributed by atoms with Crippen LogP contribution in [0.2, 0.25) is 0 Å². The Morgan fingerprint density at radius 2 is 2.00 bits per heavy atom. The van der Waals surface area contributed by atoms with E-state index in [0.717, 1.165) is 0 Å². The van der Waals surface area contributed by atoms with Crippen molar-refractivity contribution in [1.29, 1.82) is 0 Å². The second-order valence-electron chi connectivity index (χ2n) is 3.02. The molecule has 0 aliphatic carbocycles. The Hall–Kier alpha value is -1.04. The summed E-state index contributed by atoms with van der Waals surface area (Å²) in [6, 6.07) is 2.53. The molecule has 6 heteroatoms. The zero-order chi connectivity index (χ0) is 11.2. The number of hydrogen-bond donors (Lipinski definition) is 0. The molecule has 1 aliphatic rings. The van der Waals surface area contributed by atoms with Crippen LogP contribution < -0.4 is 0 Å².